The molecule has 2 atom stereocenters. The molecule has 64 valence electrons. The molecule has 2 heteroatoms. The highest BCUT2D eigenvalue weighted by Gasteiger charge is 2.36. The van der Waals surface area contributed by atoms with E-state index in [1.54, 1.807) is 0 Å². The molecule has 0 aromatic rings. The SMILES string of the molecule is N[C@H]1C[C@@H]1OC1CCCCC1. The van der Waals surface area contributed by atoms with E-state index in [2.05, 4.69) is 0 Å². The maximum absolute atomic E-state index is 5.79. The van der Waals surface area contributed by atoms with Crippen LogP contribution in [-0.4, -0.2) is 18.2 Å². The molecule has 0 heterocycles. The third kappa shape index (κ3) is 1.94. The molecule has 0 aromatic carbocycles. The molecule has 2 aliphatic rings. The van der Waals surface area contributed by atoms with E-state index in [4.69, 9.17) is 10.5 Å². The van der Waals surface area contributed by atoms with Crippen LogP contribution in [0.2, 0.25) is 0 Å². The minimum absolute atomic E-state index is 0.358. The highest BCUT2D eigenvalue weighted by atomic mass is 16.5. The Kier molecular flexibility index (Phi) is 2.14. The smallest absolute Gasteiger partial charge is 0.0746 e. The van der Waals surface area contributed by atoms with Gasteiger partial charge in [0.05, 0.1) is 12.2 Å². The van der Waals surface area contributed by atoms with Crippen LogP contribution in [0.25, 0.3) is 0 Å². The molecule has 2 fully saturated rings. The van der Waals surface area contributed by atoms with Crippen LogP contribution in [0.3, 0.4) is 0 Å². The van der Waals surface area contributed by atoms with Crippen molar-refractivity contribution in [2.45, 2.75) is 56.8 Å². The monoisotopic (exact) mass is 155 g/mol. The van der Waals surface area contributed by atoms with Crippen molar-refractivity contribution in [1.82, 2.24) is 0 Å². The molecule has 0 saturated heterocycles. The van der Waals surface area contributed by atoms with Gasteiger partial charge in [-0.25, -0.2) is 0 Å². The Morgan fingerprint density at radius 2 is 1.73 bits per heavy atom. The third-order valence-electron chi connectivity index (χ3n) is 2.70. The summed E-state index contributed by atoms with van der Waals surface area (Å²) < 4.78 is 5.79. The molecule has 2 rings (SSSR count). The first-order valence-corrected chi connectivity index (χ1v) is 4.77. The molecule has 0 bridgehead atoms. The summed E-state index contributed by atoms with van der Waals surface area (Å²) >= 11 is 0. The van der Waals surface area contributed by atoms with Gasteiger partial charge in [0.2, 0.25) is 0 Å². The quantitative estimate of drug-likeness (QED) is 0.654. The lowest BCUT2D eigenvalue weighted by molar-refractivity contribution is 0.0142. The van der Waals surface area contributed by atoms with Crippen molar-refractivity contribution in [3.05, 3.63) is 0 Å². The lowest BCUT2D eigenvalue weighted by Crippen LogP contribution is -2.20. The minimum atomic E-state index is 0.358. The van der Waals surface area contributed by atoms with Crippen LogP contribution < -0.4 is 5.73 Å². The van der Waals surface area contributed by atoms with Gasteiger partial charge in [0, 0.05) is 6.04 Å². The summed E-state index contributed by atoms with van der Waals surface area (Å²) in [5, 5.41) is 0. The molecule has 0 unspecified atom stereocenters. The predicted molar refractivity (Wildman–Crippen MR) is 44.3 cm³/mol. The fourth-order valence-corrected chi connectivity index (χ4v) is 1.79. The topological polar surface area (TPSA) is 35.2 Å². The lowest BCUT2D eigenvalue weighted by atomic mass is 9.98. The summed E-state index contributed by atoms with van der Waals surface area (Å²) in [7, 11) is 0. The maximum atomic E-state index is 5.79. The fourth-order valence-electron chi connectivity index (χ4n) is 1.79. The first kappa shape index (κ1) is 7.56. The molecule has 2 nitrogen and oxygen atoms in total. The molecular formula is C9H17NO. The second-order valence-corrected chi connectivity index (χ2v) is 3.83. The summed E-state index contributed by atoms with van der Waals surface area (Å²) in [5.41, 5.74) is 5.66. The van der Waals surface area contributed by atoms with Crippen LogP contribution in [-0.2, 0) is 4.74 Å². The van der Waals surface area contributed by atoms with Gasteiger partial charge in [0.1, 0.15) is 0 Å². The second kappa shape index (κ2) is 3.11. The van der Waals surface area contributed by atoms with Crippen LogP contribution in [0.5, 0.6) is 0 Å². The van der Waals surface area contributed by atoms with Crippen LogP contribution in [0, 0.1) is 0 Å². The Morgan fingerprint density at radius 1 is 1.09 bits per heavy atom. The summed E-state index contributed by atoms with van der Waals surface area (Å²) in [6.07, 6.45) is 8.69. The van der Waals surface area contributed by atoms with E-state index in [1.807, 2.05) is 0 Å². The van der Waals surface area contributed by atoms with Gasteiger partial charge in [-0.2, -0.15) is 0 Å². The Morgan fingerprint density at radius 3 is 2.27 bits per heavy atom. The zero-order valence-electron chi connectivity index (χ0n) is 6.96. The van der Waals surface area contributed by atoms with Crippen LogP contribution in [0.1, 0.15) is 38.5 Å². The molecular weight excluding hydrogens is 138 g/mol. The zero-order chi connectivity index (χ0) is 7.68. The Hall–Kier alpha value is -0.0800. The second-order valence-electron chi connectivity index (χ2n) is 3.83. The molecule has 0 spiro atoms. The normalized spacial score (nSPS) is 39.0. The average molecular weight is 155 g/mol. The van der Waals surface area contributed by atoms with E-state index in [0.29, 0.717) is 18.2 Å². The van der Waals surface area contributed by atoms with Crippen LogP contribution >= 0.6 is 0 Å². The van der Waals surface area contributed by atoms with E-state index in [-0.39, 0.29) is 0 Å². The first-order valence-electron chi connectivity index (χ1n) is 4.77. The Bertz CT molecular complexity index is 132. The summed E-state index contributed by atoms with van der Waals surface area (Å²) in [5.74, 6) is 0. The number of nitrogens with two attached hydrogens (primary N) is 1. The molecule has 0 aromatic heterocycles. The number of rotatable bonds is 2. The molecule has 0 amide bonds. The molecule has 11 heavy (non-hydrogen) atoms. The van der Waals surface area contributed by atoms with Gasteiger partial charge >= 0.3 is 0 Å². The van der Waals surface area contributed by atoms with Crippen molar-refractivity contribution in [3.8, 4) is 0 Å². The van der Waals surface area contributed by atoms with Crippen LogP contribution in [0.4, 0.5) is 0 Å². The number of ether oxygens (including phenoxy) is 1. The van der Waals surface area contributed by atoms with Gasteiger partial charge in [-0.15, -0.1) is 0 Å². The van der Waals surface area contributed by atoms with Crippen molar-refractivity contribution in [2.75, 3.05) is 0 Å². The summed E-state index contributed by atoms with van der Waals surface area (Å²) in [4.78, 5) is 0. The van der Waals surface area contributed by atoms with Crippen molar-refractivity contribution in [2.24, 2.45) is 5.73 Å². The number of hydrogen-bond acceptors (Lipinski definition) is 2. The average Bonchev–Trinajstić information content (AvgIpc) is 2.69. The Balaban J connectivity index is 1.68. The standard InChI is InChI=1S/C9H17NO/c10-8-6-9(8)11-7-4-2-1-3-5-7/h7-9H,1-6,10H2/t8-,9-/m0/s1. The first-order chi connectivity index (χ1) is 5.36. The highest BCUT2D eigenvalue weighted by molar-refractivity contribution is 4.92. The Labute approximate surface area is 68.1 Å². The van der Waals surface area contributed by atoms with Gasteiger partial charge < -0.3 is 10.5 Å². The molecule has 2 N–H and O–H groups in total. The fraction of sp³-hybridized carbons (Fsp3) is 1.00. The number of hydrogen-bond donors (Lipinski definition) is 1. The van der Waals surface area contributed by atoms with E-state index in [1.165, 1.54) is 32.1 Å². The largest absolute Gasteiger partial charge is 0.373 e. The van der Waals surface area contributed by atoms with Gasteiger partial charge in [-0.3, -0.25) is 0 Å². The van der Waals surface area contributed by atoms with Crippen molar-refractivity contribution < 1.29 is 4.74 Å². The highest BCUT2D eigenvalue weighted by Crippen LogP contribution is 2.29. The van der Waals surface area contributed by atoms with E-state index < -0.39 is 0 Å². The van der Waals surface area contributed by atoms with Gasteiger partial charge in [0.25, 0.3) is 0 Å². The molecule has 2 saturated carbocycles. The van der Waals surface area contributed by atoms with E-state index in [9.17, 15) is 0 Å². The van der Waals surface area contributed by atoms with Crippen LogP contribution in [0.15, 0.2) is 0 Å². The summed E-state index contributed by atoms with van der Waals surface area (Å²) in [6, 6.07) is 0.358. The third-order valence-corrected chi connectivity index (χ3v) is 2.70. The molecule has 0 aliphatic heterocycles. The van der Waals surface area contributed by atoms with E-state index >= 15 is 0 Å². The lowest BCUT2D eigenvalue weighted by Gasteiger charge is -2.21. The minimum Gasteiger partial charge on any atom is -0.373 e. The molecule has 0 radical (unpaired) electrons. The van der Waals surface area contributed by atoms with Gasteiger partial charge in [0.15, 0.2) is 0 Å². The van der Waals surface area contributed by atoms with Crippen molar-refractivity contribution in [3.63, 3.8) is 0 Å². The van der Waals surface area contributed by atoms with Crippen molar-refractivity contribution >= 4 is 0 Å². The summed E-state index contributed by atoms with van der Waals surface area (Å²) in [6.45, 7) is 0. The maximum Gasteiger partial charge on any atom is 0.0746 e. The van der Waals surface area contributed by atoms with E-state index in [0.717, 1.165) is 6.42 Å². The predicted octanol–water partition coefficient (Wildman–Crippen LogP) is 1.44. The van der Waals surface area contributed by atoms with Gasteiger partial charge in [-0.1, -0.05) is 19.3 Å². The van der Waals surface area contributed by atoms with Gasteiger partial charge in [-0.05, 0) is 19.3 Å². The molecule has 2 aliphatic carbocycles. The zero-order valence-corrected chi connectivity index (χ0v) is 6.96. The van der Waals surface area contributed by atoms with Crippen molar-refractivity contribution in [1.29, 1.82) is 0 Å².